The first-order chi connectivity index (χ1) is 8.49. The monoisotopic (exact) mass is 256 g/mol. The van der Waals surface area contributed by atoms with Crippen molar-refractivity contribution >= 4 is 5.97 Å². The highest BCUT2D eigenvalue weighted by atomic mass is 16.4. The quantitative estimate of drug-likeness (QED) is 0.698. The average molecular weight is 256 g/mol. The molecule has 0 amide bonds. The predicted octanol–water partition coefficient (Wildman–Crippen LogP) is 2.09. The largest absolute Gasteiger partial charge is 0.480 e. The topological polar surface area (TPSA) is 52.6 Å². The van der Waals surface area contributed by atoms with Crippen LogP contribution in [0.4, 0.5) is 0 Å². The Bertz CT molecular complexity index is 271. The van der Waals surface area contributed by atoms with E-state index >= 15 is 0 Å². The third-order valence-corrected chi connectivity index (χ3v) is 4.05. The van der Waals surface area contributed by atoms with Gasteiger partial charge in [0, 0.05) is 6.04 Å². The Kier molecular flexibility index (Phi) is 6.09. The maximum absolute atomic E-state index is 11.3. The van der Waals surface area contributed by atoms with Gasteiger partial charge in [0.1, 0.15) is 5.54 Å². The fraction of sp³-hybridized carbons (Fsp3) is 0.929. The summed E-state index contributed by atoms with van der Waals surface area (Å²) in [5, 5.41) is 12.5. The van der Waals surface area contributed by atoms with Crippen molar-refractivity contribution in [2.24, 2.45) is 0 Å². The van der Waals surface area contributed by atoms with Crippen LogP contribution in [0.3, 0.4) is 0 Å². The lowest BCUT2D eigenvalue weighted by atomic mass is 9.95. The number of carboxylic acid groups (broad SMARTS) is 1. The maximum atomic E-state index is 11.3. The second kappa shape index (κ2) is 7.10. The molecule has 0 aromatic heterocycles. The summed E-state index contributed by atoms with van der Waals surface area (Å²) in [7, 11) is 0. The molecule has 1 heterocycles. The molecule has 0 radical (unpaired) electrons. The zero-order chi connectivity index (χ0) is 13.6. The van der Waals surface area contributed by atoms with Crippen LogP contribution in [0, 0.1) is 0 Å². The third-order valence-electron chi connectivity index (χ3n) is 4.05. The zero-order valence-corrected chi connectivity index (χ0v) is 12.0. The number of carboxylic acids is 1. The van der Waals surface area contributed by atoms with Gasteiger partial charge in [-0.3, -0.25) is 4.79 Å². The Morgan fingerprint density at radius 1 is 1.56 bits per heavy atom. The van der Waals surface area contributed by atoms with Crippen molar-refractivity contribution in [1.82, 2.24) is 10.2 Å². The van der Waals surface area contributed by atoms with Crippen molar-refractivity contribution < 1.29 is 9.90 Å². The molecular weight excluding hydrogens is 228 g/mol. The highest BCUT2D eigenvalue weighted by Crippen LogP contribution is 2.19. The smallest absolute Gasteiger partial charge is 0.323 e. The highest BCUT2D eigenvalue weighted by Gasteiger charge is 2.32. The lowest BCUT2D eigenvalue weighted by molar-refractivity contribution is -0.144. The van der Waals surface area contributed by atoms with Gasteiger partial charge in [0.25, 0.3) is 0 Å². The fourth-order valence-electron chi connectivity index (χ4n) is 2.63. The van der Waals surface area contributed by atoms with Crippen LogP contribution in [0.5, 0.6) is 0 Å². The van der Waals surface area contributed by atoms with Crippen LogP contribution in [-0.4, -0.2) is 47.2 Å². The molecule has 0 bridgehead atoms. The summed E-state index contributed by atoms with van der Waals surface area (Å²) in [6.45, 7) is 9.09. The van der Waals surface area contributed by atoms with E-state index in [-0.39, 0.29) is 0 Å². The molecule has 2 N–H and O–H groups in total. The summed E-state index contributed by atoms with van der Waals surface area (Å²) in [6.07, 6.45) is 5.18. The van der Waals surface area contributed by atoms with Gasteiger partial charge < -0.3 is 15.3 Å². The Labute approximate surface area is 111 Å². The molecule has 0 aromatic carbocycles. The number of rotatable bonds is 8. The molecule has 1 saturated heterocycles. The number of likely N-dealkylation sites (tertiary alicyclic amines) is 1. The zero-order valence-electron chi connectivity index (χ0n) is 12.0. The SMILES string of the molecule is CCCNC(C)(CCCN1CCCC1C)C(=O)O. The molecule has 1 rings (SSSR count). The van der Waals surface area contributed by atoms with Gasteiger partial charge in [0.05, 0.1) is 0 Å². The molecule has 0 spiro atoms. The van der Waals surface area contributed by atoms with Gasteiger partial charge in [-0.1, -0.05) is 6.92 Å². The Hall–Kier alpha value is -0.610. The van der Waals surface area contributed by atoms with E-state index in [0.29, 0.717) is 12.5 Å². The minimum Gasteiger partial charge on any atom is -0.480 e. The van der Waals surface area contributed by atoms with E-state index in [1.54, 1.807) is 6.92 Å². The summed E-state index contributed by atoms with van der Waals surface area (Å²) in [4.78, 5) is 13.8. The van der Waals surface area contributed by atoms with Crippen LogP contribution in [0.25, 0.3) is 0 Å². The molecule has 0 aliphatic carbocycles. The van der Waals surface area contributed by atoms with Crippen LogP contribution in [0.15, 0.2) is 0 Å². The maximum Gasteiger partial charge on any atom is 0.323 e. The molecule has 0 aromatic rings. The minimum absolute atomic E-state index is 0.671. The van der Waals surface area contributed by atoms with Crippen molar-refractivity contribution in [3.63, 3.8) is 0 Å². The van der Waals surface area contributed by atoms with Gasteiger partial charge in [-0.25, -0.2) is 0 Å². The molecular formula is C14H28N2O2. The average Bonchev–Trinajstić information content (AvgIpc) is 2.72. The first-order valence-electron chi connectivity index (χ1n) is 7.22. The Morgan fingerprint density at radius 2 is 2.28 bits per heavy atom. The molecule has 1 fully saturated rings. The van der Waals surface area contributed by atoms with E-state index in [1.807, 2.05) is 0 Å². The number of aliphatic carboxylic acids is 1. The second-order valence-electron chi connectivity index (χ2n) is 5.69. The van der Waals surface area contributed by atoms with E-state index in [2.05, 4.69) is 24.1 Å². The number of nitrogens with one attached hydrogen (secondary N) is 1. The molecule has 0 saturated carbocycles. The first kappa shape index (κ1) is 15.4. The molecule has 1 aliphatic rings. The van der Waals surface area contributed by atoms with Crippen LogP contribution < -0.4 is 5.32 Å². The van der Waals surface area contributed by atoms with Gasteiger partial charge in [-0.15, -0.1) is 0 Å². The minimum atomic E-state index is -0.765. The van der Waals surface area contributed by atoms with E-state index in [4.69, 9.17) is 0 Å². The van der Waals surface area contributed by atoms with E-state index in [0.717, 1.165) is 25.9 Å². The summed E-state index contributed by atoms with van der Waals surface area (Å²) >= 11 is 0. The molecule has 2 atom stereocenters. The molecule has 4 heteroatoms. The molecule has 1 aliphatic heterocycles. The molecule has 2 unspecified atom stereocenters. The molecule has 4 nitrogen and oxygen atoms in total. The van der Waals surface area contributed by atoms with Crippen molar-refractivity contribution in [3.8, 4) is 0 Å². The van der Waals surface area contributed by atoms with Crippen LogP contribution >= 0.6 is 0 Å². The van der Waals surface area contributed by atoms with Crippen LogP contribution in [0.2, 0.25) is 0 Å². The number of hydrogen-bond donors (Lipinski definition) is 2. The predicted molar refractivity (Wildman–Crippen MR) is 73.8 cm³/mol. The number of hydrogen-bond acceptors (Lipinski definition) is 3. The highest BCUT2D eigenvalue weighted by molar-refractivity contribution is 5.78. The molecule has 18 heavy (non-hydrogen) atoms. The standard InChI is InChI=1S/C14H28N2O2/c1-4-9-15-14(3,13(17)18)8-6-11-16-10-5-7-12(16)2/h12,15H,4-11H2,1-3H3,(H,17,18). The van der Waals surface area contributed by atoms with Crippen molar-refractivity contribution in [3.05, 3.63) is 0 Å². The second-order valence-corrected chi connectivity index (χ2v) is 5.69. The summed E-state index contributed by atoms with van der Waals surface area (Å²) in [5.41, 5.74) is -0.765. The van der Waals surface area contributed by atoms with E-state index < -0.39 is 11.5 Å². The number of carbonyl (C=O) groups is 1. The van der Waals surface area contributed by atoms with Gasteiger partial charge in [-0.2, -0.15) is 0 Å². The Balaban J connectivity index is 2.35. The summed E-state index contributed by atoms with van der Waals surface area (Å²) < 4.78 is 0. The van der Waals surface area contributed by atoms with Crippen LogP contribution in [0.1, 0.15) is 52.9 Å². The van der Waals surface area contributed by atoms with Gasteiger partial charge in [0.2, 0.25) is 0 Å². The normalized spacial score (nSPS) is 24.1. The summed E-state index contributed by atoms with van der Waals surface area (Å²) in [6, 6.07) is 0.671. The summed E-state index contributed by atoms with van der Waals surface area (Å²) in [5.74, 6) is -0.731. The number of nitrogens with zero attached hydrogens (tertiary/aromatic N) is 1. The van der Waals surface area contributed by atoms with Crippen molar-refractivity contribution in [2.45, 2.75) is 64.5 Å². The van der Waals surface area contributed by atoms with Crippen LogP contribution in [-0.2, 0) is 4.79 Å². The van der Waals surface area contributed by atoms with E-state index in [9.17, 15) is 9.90 Å². The van der Waals surface area contributed by atoms with Gasteiger partial charge in [0.15, 0.2) is 0 Å². The van der Waals surface area contributed by atoms with Crippen molar-refractivity contribution in [2.75, 3.05) is 19.6 Å². The molecule has 106 valence electrons. The van der Waals surface area contributed by atoms with E-state index in [1.165, 1.54) is 19.4 Å². The lowest BCUT2D eigenvalue weighted by Gasteiger charge is -2.28. The van der Waals surface area contributed by atoms with Gasteiger partial charge in [-0.05, 0) is 65.6 Å². The van der Waals surface area contributed by atoms with Gasteiger partial charge >= 0.3 is 5.97 Å². The lowest BCUT2D eigenvalue weighted by Crippen LogP contribution is -2.50. The van der Waals surface area contributed by atoms with Crippen molar-refractivity contribution in [1.29, 1.82) is 0 Å². The fourth-order valence-corrected chi connectivity index (χ4v) is 2.63. The first-order valence-corrected chi connectivity index (χ1v) is 7.22. The Morgan fingerprint density at radius 3 is 2.78 bits per heavy atom. The third kappa shape index (κ3) is 4.25.